The third kappa shape index (κ3) is 3.93. The van der Waals surface area contributed by atoms with Crippen molar-refractivity contribution in [1.29, 1.82) is 0 Å². The molecule has 150 valence electrons. The molecule has 0 amide bonds. The lowest BCUT2D eigenvalue weighted by Gasteiger charge is -2.19. The van der Waals surface area contributed by atoms with Crippen molar-refractivity contribution < 1.29 is 17.9 Å². The van der Waals surface area contributed by atoms with Gasteiger partial charge in [-0.25, -0.2) is 0 Å². The zero-order valence-corrected chi connectivity index (χ0v) is 16.4. The minimum absolute atomic E-state index is 0.292. The Morgan fingerprint density at radius 3 is 2.46 bits per heavy atom. The molecule has 0 spiro atoms. The molecule has 1 heterocycles. The van der Waals surface area contributed by atoms with E-state index in [0.717, 1.165) is 51.6 Å². The second-order valence-electron chi connectivity index (χ2n) is 7.19. The quantitative estimate of drug-likeness (QED) is 0.793. The molecule has 0 saturated carbocycles. The maximum Gasteiger partial charge on any atom is 0.433 e. The van der Waals surface area contributed by atoms with E-state index in [-0.39, 0.29) is 0 Å². The highest BCUT2D eigenvalue weighted by Gasteiger charge is 2.35. The van der Waals surface area contributed by atoms with E-state index in [9.17, 15) is 13.2 Å². The van der Waals surface area contributed by atoms with Crippen molar-refractivity contribution in [2.24, 2.45) is 12.8 Å². The molecule has 0 unspecified atom stereocenters. The molecule has 1 aromatic heterocycles. The molecule has 0 saturated heterocycles. The van der Waals surface area contributed by atoms with Gasteiger partial charge in [-0.15, -0.1) is 0 Å². The summed E-state index contributed by atoms with van der Waals surface area (Å²) in [6, 6.07) is 4.73. The van der Waals surface area contributed by atoms with Gasteiger partial charge in [-0.3, -0.25) is 4.68 Å². The molecule has 0 bridgehead atoms. The standard InChI is InChI=1S/C21H24F3N3O/c1-12-6-5-7-17(25)16(12)11-28-19-9-13(2)15(8-14(19)3)18-10-20(21(22,23)24)27(4)26-18/h6,8-10H,5,7,11,25H2,1-4H3. The summed E-state index contributed by atoms with van der Waals surface area (Å²) in [7, 11) is 1.30. The molecule has 2 N–H and O–H groups in total. The SMILES string of the molecule is CC1=CCCC(N)=C1COc1cc(C)c(-c2cc(C(F)(F)F)n(C)n2)cc1C. The van der Waals surface area contributed by atoms with Crippen LogP contribution in [0.25, 0.3) is 11.3 Å². The van der Waals surface area contributed by atoms with E-state index >= 15 is 0 Å². The molecule has 1 aromatic carbocycles. The van der Waals surface area contributed by atoms with E-state index in [4.69, 9.17) is 10.5 Å². The molecule has 0 aliphatic heterocycles. The van der Waals surface area contributed by atoms with Crippen LogP contribution in [0, 0.1) is 13.8 Å². The van der Waals surface area contributed by atoms with Gasteiger partial charge in [0, 0.05) is 23.9 Å². The van der Waals surface area contributed by atoms with Gasteiger partial charge in [-0.05, 0) is 68.5 Å². The molecule has 4 nitrogen and oxygen atoms in total. The van der Waals surface area contributed by atoms with E-state index in [0.29, 0.717) is 23.6 Å². The Labute approximate surface area is 162 Å². The number of halogens is 3. The maximum atomic E-state index is 13.1. The van der Waals surface area contributed by atoms with Crippen LogP contribution in [0.1, 0.15) is 36.6 Å². The summed E-state index contributed by atoms with van der Waals surface area (Å²) < 4.78 is 46.0. The first kappa shape index (κ1) is 20.0. The number of nitrogens with zero attached hydrogens (tertiary/aromatic N) is 2. The average molecular weight is 391 g/mol. The number of rotatable bonds is 4. The molecular weight excluding hydrogens is 367 g/mol. The lowest BCUT2D eigenvalue weighted by molar-refractivity contribution is -0.143. The van der Waals surface area contributed by atoms with Gasteiger partial charge in [0.25, 0.3) is 0 Å². The first-order valence-electron chi connectivity index (χ1n) is 9.08. The summed E-state index contributed by atoms with van der Waals surface area (Å²) in [5.74, 6) is 0.687. The van der Waals surface area contributed by atoms with Crippen LogP contribution >= 0.6 is 0 Å². The lowest BCUT2D eigenvalue weighted by Crippen LogP contribution is -2.14. The Morgan fingerprint density at radius 2 is 1.86 bits per heavy atom. The molecule has 1 aliphatic carbocycles. The summed E-state index contributed by atoms with van der Waals surface area (Å²) >= 11 is 0. The number of ether oxygens (including phenoxy) is 1. The summed E-state index contributed by atoms with van der Waals surface area (Å²) in [6.07, 6.45) is -0.521. The maximum absolute atomic E-state index is 13.1. The van der Waals surface area contributed by atoms with Crippen molar-refractivity contribution in [1.82, 2.24) is 9.78 Å². The zero-order chi connectivity index (χ0) is 20.6. The average Bonchev–Trinajstić information content (AvgIpc) is 2.99. The van der Waals surface area contributed by atoms with Crippen LogP contribution in [-0.2, 0) is 13.2 Å². The molecule has 2 aromatic rings. The summed E-state index contributed by atoms with van der Waals surface area (Å²) in [6.45, 7) is 6.09. The normalized spacial score (nSPS) is 15.0. The van der Waals surface area contributed by atoms with E-state index in [1.165, 1.54) is 7.05 Å². The van der Waals surface area contributed by atoms with Crippen LogP contribution in [-0.4, -0.2) is 16.4 Å². The Balaban J connectivity index is 1.87. The highest BCUT2D eigenvalue weighted by Crippen LogP contribution is 2.35. The summed E-state index contributed by atoms with van der Waals surface area (Å²) in [4.78, 5) is 0. The van der Waals surface area contributed by atoms with Gasteiger partial charge < -0.3 is 10.5 Å². The van der Waals surface area contributed by atoms with Gasteiger partial charge in [0.15, 0.2) is 0 Å². The molecule has 28 heavy (non-hydrogen) atoms. The minimum Gasteiger partial charge on any atom is -0.489 e. The van der Waals surface area contributed by atoms with E-state index in [1.807, 2.05) is 32.9 Å². The van der Waals surface area contributed by atoms with Gasteiger partial charge in [0.05, 0.1) is 5.69 Å². The van der Waals surface area contributed by atoms with Crippen molar-refractivity contribution in [3.63, 3.8) is 0 Å². The number of nitrogens with two attached hydrogens (primary N) is 1. The van der Waals surface area contributed by atoms with Crippen LogP contribution in [0.15, 0.2) is 41.1 Å². The predicted octanol–water partition coefficient (Wildman–Crippen LogP) is 5.05. The Kier molecular flexibility index (Phi) is 5.28. The monoisotopic (exact) mass is 391 g/mol. The number of aryl methyl sites for hydroxylation is 3. The molecule has 1 aliphatic rings. The number of allylic oxidation sites excluding steroid dienone is 2. The van der Waals surface area contributed by atoms with E-state index < -0.39 is 11.9 Å². The van der Waals surface area contributed by atoms with Crippen LogP contribution in [0.2, 0.25) is 0 Å². The number of hydrogen-bond acceptors (Lipinski definition) is 3. The first-order valence-corrected chi connectivity index (χ1v) is 9.08. The third-order valence-corrected chi connectivity index (χ3v) is 5.07. The molecule has 3 rings (SSSR count). The fourth-order valence-electron chi connectivity index (χ4n) is 3.41. The first-order chi connectivity index (χ1) is 13.1. The molecule has 0 radical (unpaired) electrons. The molecule has 0 atom stereocenters. The second-order valence-corrected chi connectivity index (χ2v) is 7.19. The highest BCUT2D eigenvalue weighted by atomic mass is 19.4. The highest BCUT2D eigenvalue weighted by molar-refractivity contribution is 5.67. The van der Waals surface area contributed by atoms with Crippen molar-refractivity contribution in [2.75, 3.05) is 6.61 Å². The van der Waals surface area contributed by atoms with Crippen molar-refractivity contribution in [2.45, 2.75) is 39.8 Å². The smallest absolute Gasteiger partial charge is 0.433 e. The van der Waals surface area contributed by atoms with Crippen LogP contribution in [0.3, 0.4) is 0 Å². The van der Waals surface area contributed by atoms with Gasteiger partial charge >= 0.3 is 6.18 Å². The molecular formula is C21H24F3N3O. The van der Waals surface area contributed by atoms with Crippen molar-refractivity contribution >= 4 is 0 Å². The van der Waals surface area contributed by atoms with Crippen molar-refractivity contribution in [3.8, 4) is 17.0 Å². The Hall–Kier alpha value is -2.70. The van der Waals surface area contributed by atoms with E-state index in [1.54, 1.807) is 0 Å². The van der Waals surface area contributed by atoms with E-state index in [2.05, 4.69) is 11.2 Å². The van der Waals surface area contributed by atoms with Crippen LogP contribution < -0.4 is 10.5 Å². The van der Waals surface area contributed by atoms with Crippen LogP contribution in [0.5, 0.6) is 5.75 Å². The number of benzene rings is 1. The molecule has 7 heteroatoms. The van der Waals surface area contributed by atoms with Crippen LogP contribution in [0.4, 0.5) is 13.2 Å². The minimum atomic E-state index is -4.44. The van der Waals surface area contributed by atoms with Crippen molar-refractivity contribution in [3.05, 3.63) is 57.9 Å². The Bertz CT molecular complexity index is 968. The topological polar surface area (TPSA) is 53.1 Å². The number of hydrogen-bond donors (Lipinski definition) is 1. The molecule has 0 fully saturated rings. The lowest BCUT2D eigenvalue weighted by atomic mass is 9.97. The van der Waals surface area contributed by atoms with Gasteiger partial charge in [-0.1, -0.05) is 6.08 Å². The summed E-state index contributed by atoms with van der Waals surface area (Å²) in [5, 5.41) is 4.04. The Morgan fingerprint density at radius 1 is 1.14 bits per heavy atom. The fourth-order valence-corrected chi connectivity index (χ4v) is 3.41. The van der Waals surface area contributed by atoms with Gasteiger partial charge in [0.2, 0.25) is 0 Å². The van der Waals surface area contributed by atoms with Gasteiger partial charge in [0.1, 0.15) is 18.1 Å². The zero-order valence-electron chi connectivity index (χ0n) is 16.4. The van der Waals surface area contributed by atoms with Gasteiger partial charge in [-0.2, -0.15) is 18.3 Å². The predicted molar refractivity (Wildman–Crippen MR) is 103 cm³/mol. The summed E-state index contributed by atoms with van der Waals surface area (Å²) in [5.41, 5.74) is 10.9. The largest absolute Gasteiger partial charge is 0.489 e. The third-order valence-electron chi connectivity index (χ3n) is 5.07. The fraction of sp³-hybridized carbons (Fsp3) is 0.381. The number of aromatic nitrogens is 2. The number of alkyl halides is 3. The second kappa shape index (κ2) is 7.37.